The fraction of sp³-hybridized carbons (Fsp3) is 0.200. The van der Waals surface area contributed by atoms with Crippen LogP contribution in [0.1, 0.15) is 24.2 Å². The van der Waals surface area contributed by atoms with Gasteiger partial charge in [-0.25, -0.2) is 4.39 Å². The molecule has 0 radical (unpaired) electrons. The minimum absolute atomic E-state index is 0.0210. The molecule has 5 aromatic rings. The zero-order chi connectivity index (χ0) is 23.5. The average molecular weight is 458 g/mol. The molecule has 0 aliphatic rings. The summed E-state index contributed by atoms with van der Waals surface area (Å²) in [6, 6.07) is 13.8. The second-order valence-corrected chi connectivity index (χ2v) is 8.07. The number of hydrogen-bond acceptors (Lipinski definition) is 4. The van der Waals surface area contributed by atoms with Gasteiger partial charge in [0.15, 0.2) is 0 Å². The lowest BCUT2D eigenvalue weighted by Crippen LogP contribution is -2.25. The van der Waals surface area contributed by atoms with Crippen LogP contribution in [0.3, 0.4) is 0 Å². The first kappa shape index (κ1) is 21.6. The second kappa shape index (κ2) is 9.30. The Bertz CT molecular complexity index is 1520. The van der Waals surface area contributed by atoms with E-state index in [1.807, 2.05) is 24.4 Å². The Hall–Kier alpha value is -4.27. The Morgan fingerprint density at radius 3 is 2.71 bits per heavy atom. The minimum Gasteiger partial charge on any atom is -0.361 e. The summed E-state index contributed by atoms with van der Waals surface area (Å²) in [5.41, 5.74) is 2.65. The number of aryl methyl sites for hydroxylation is 1. The van der Waals surface area contributed by atoms with Crippen LogP contribution in [0.2, 0.25) is 0 Å². The number of rotatable bonds is 8. The van der Waals surface area contributed by atoms with Crippen molar-refractivity contribution in [1.82, 2.24) is 29.5 Å². The van der Waals surface area contributed by atoms with E-state index in [1.54, 1.807) is 16.8 Å². The number of carbonyl (C=O) groups is 1. The van der Waals surface area contributed by atoms with Gasteiger partial charge in [0.1, 0.15) is 11.6 Å². The molecule has 3 aromatic heterocycles. The highest BCUT2D eigenvalue weighted by Gasteiger charge is 2.12. The third-order valence-electron chi connectivity index (χ3n) is 5.84. The lowest BCUT2D eigenvalue weighted by atomic mass is 10.1. The van der Waals surface area contributed by atoms with Crippen molar-refractivity contribution in [2.45, 2.75) is 25.7 Å². The summed E-state index contributed by atoms with van der Waals surface area (Å²) in [6.45, 7) is 0.567. The molecule has 9 heteroatoms. The van der Waals surface area contributed by atoms with Crippen molar-refractivity contribution >= 4 is 22.5 Å². The molecule has 2 N–H and O–H groups in total. The molecule has 0 bridgehead atoms. The summed E-state index contributed by atoms with van der Waals surface area (Å²) in [6.07, 6.45) is 7.50. The van der Waals surface area contributed by atoms with Gasteiger partial charge in [0, 0.05) is 54.6 Å². The molecule has 0 spiro atoms. The number of benzene rings is 2. The minimum atomic E-state index is -0.371. The third-order valence-corrected chi connectivity index (χ3v) is 5.84. The van der Waals surface area contributed by atoms with Crippen LogP contribution >= 0.6 is 0 Å². The van der Waals surface area contributed by atoms with Crippen LogP contribution in [-0.4, -0.2) is 36.6 Å². The Morgan fingerprint density at radius 2 is 1.85 bits per heavy atom. The van der Waals surface area contributed by atoms with Gasteiger partial charge in [-0.15, -0.1) is 10.2 Å². The highest BCUT2D eigenvalue weighted by molar-refractivity contribution is 5.83. The van der Waals surface area contributed by atoms with E-state index in [2.05, 4.69) is 26.6 Å². The van der Waals surface area contributed by atoms with Gasteiger partial charge in [0.25, 0.3) is 0 Å². The summed E-state index contributed by atoms with van der Waals surface area (Å²) in [4.78, 5) is 28.3. The Morgan fingerprint density at radius 1 is 1.03 bits per heavy atom. The van der Waals surface area contributed by atoms with Gasteiger partial charge < -0.3 is 10.3 Å². The molecule has 0 saturated heterocycles. The maximum Gasteiger partial charge on any atom is 0.300 e. The van der Waals surface area contributed by atoms with Crippen molar-refractivity contribution in [3.8, 4) is 5.69 Å². The molecule has 0 fully saturated rings. The fourth-order valence-corrected chi connectivity index (χ4v) is 4.08. The van der Waals surface area contributed by atoms with Crippen LogP contribution in [0.15, 0.2) is 71.9 Å². The van der Waals surface area contributed by atoms with Gasteiger partial charge in [0.05, 0.1) is 0 Å². The zero-order valence-corrected chi connectivity index (χ0v) is 18.4. The number of aromatic amines is 1. The number of hydrogen-bond donors (Lipinski definition) is 2. The van der Waals surface area contributed by atoms with E-state index in [4.69, 9.17) is 0 Å². The molecule has 5 rings (SSSR count). The quantitative estimate of drug-likeness (QED) is 0.373. The van der Waals surface area contributed by atoms with Crippen LogP contribution in [-0.2, 0) is 17.6 Å². The Labute approximate surface area is 194 Å². The molecule has 3 heterocycles. The Kier molecular flexibility index (Phi) is 5.90. The fourth-order valence-electron chi connectivity index (χ4n) is 4.08. The van der Waals surface area contributed by atoms with Gasteiger partial charge in [-0.05, 0) is 48.7 Å². The SMILES string of the molecule is O=C(CCCc1nnc2c(=O)n(-c3ccc(F)cc3)ccn12)NCCc1c[nH]c2ccccc12. The van der Waals surface area contributed by atoms with Crippen LogP contribution in [0.25, 0.3) is 22.2 Å². The molecule has 172 valence electrons. The molecule has 0 atom stereocenters. The van der Waals surface area contributed by atoms with Crippen molar-refractivity contribution in [3.05, 3.63) is 94.7 Å². The zero-order valence-electron chi connectivity index (χ0n) is 18.4. The lowest BCUT2D eigenvalue weighted by Gasteiger charge is -2.07. The summed E-state index contributed by atoms with van der Waals surface area (Å²) >= 11 is 0. The molecule has 0 aliphatic carbocycles. The molecular formula is C25H23FN6O2. The van der Waals surface area contributed by atoms with Crippen LogP contribution < -0.4 is 10.9 Å². The lowest BCUT2D eigenvalue weighted by molar-refractivity contribution is -0.121. The van der Waals surface area contributed by atoms with Crippen LogP contribution in [0.5, 0.6) is 0 Å². The Balaban J connectivity index is 1.16. The normalized spacial score (nSPS) is 11.3. The molecule has 34 heavy (non-hydrogen) atoms. The van der Waals surface area contributed by atoms with E-state index in [9.17, 15) is 14.0 Å². The van der Waals surface area contributed by atoms with Gasteiger partial charge in [-0.2, -0.15) is 0 Å². The number of carbonyl (C=O) groups excluding carboxylic acids is 1. The molecule has 8 nitrogen and oxygen atoms in total. The summed E-state index contributed by atoms with van der Waals surface area (Å²) < 4.78 is 16.2. The van der Waals surface area contributed by atoms with E-state index in [0.29, 0.717) is 37.3 Å². The number of aromatic nitrogens is 5. The van der Waals surface area contributed by atoms with Gasteiger partial charge in [-0.1, -0.05) is 18.2 Å². The topological polar surface area (TPSA) is 97.1 Å². The smallest absolute Gasteiger partial charge is 0.300 e. The highest BCUT2D eigenvalue weighted by atomic mass is 19.1. The second-order valence-electron chi connectivity index (χ2n) is 8.07. The summed E-state index contributed by atoms with van der Waals surface area (Å²) in [7, 11) is 0. The molecule has 2 aromatic carbocycles. The molecule has 0 saturated carbocycles. The molecular weight excluding hydrogens is 435 g/mol. The van der Waals surface area contributed by atoms with E-state index in [-0.39, 0.29) is 22.9 Å². The first-order valence-electron chi connectivity index (χ1n) is 11.1. The van der Waals surface area contributed by atoms with E-state index < -0.39 is 0 Å². The summed E-state index contributed by atoms with van der Waals surface area (Å²) in [5, 5.41) is 12.3. The highest BCUT2D eigenvalue weighted by Crippen LogP contribution is 2.17. The predicted molar refractivity (Wildman–Crippen MR) is 126 cm³/mol. The van der Waals surface area contributed by atoms with Crippen molar-refractivity contribution in [1.29, 1.82) is 0 Å². The number of amides is 1. The predicted octanol–water partition coefficient (Wildman–Crippen LogP) is 3.18. The largest absolute Gasteiger partial charge is 0.361 e. The van der Waals surface area contributed by atoms with Gasteiger partial charge >= 0.3 is 5.56 Å². The standard InChI is InChI=1S/C25H23FN6O2/c26-18-8-10-19(11-9-18)31-14-15-32-22(29-30-24(32)25(31)34)6-3-7-23(33)27-13-12-17-16-28-21-5-2-1-4-20(17)21/h1-2,4-5,8-11,14-16,28H,3,6-7,12-13H2,(H,27,33). The van der Waals surface area contributed by atoms with Crippen molar-refractivity contribution in [2.24, 2.45) is 0 Å². The maximum absolute atomic E-state index is 13.2. The van der Waals surface area contributed by atoms with Crippen molar-refractivity contribution < 1.29 is 9.18 Å². The number of H-pyrrole nitrogens is 1. The molecule has 1 amide bonds. The van der Waals surface area contributed by atoms with Crippen molar-refractivity contribution in [2.75, 3.05) is 6.54 Å². The van der Waals surface area contributed by atoms with E-state index >= 15 is 0 Å². The van der Waals surface area contributed by atoms with Gasteiger partial charge in [-0.3, -0.25) is 18.6 Å². The first-order chi connectivity index (χ1) is 16.6. The summed E-state index contributed by atoms with van der Waals surface area (Å²) in [5.74, 6) is 0.224. The maximum atomic E-state index is 13.2. The molecule has 0 unspecified atom stereocenters. The first-order valence-corrected chi connectivity index (χ1v) is 11.1. The number of nitrogens with zero attached hydrogens (tertiary/aromatic N) is 4. The van der Waals surface area contributed by atoms with E-state index in [0.717, 1.165) is 11.9 Å². The number of nitrogens with one attached hydrogen (secondary N) is 2. The number of fused-ring (bicyclic) bond motifs is 2. The molecule has 0 aliphatic heterocycles. The third kappa shape index (κ3) is 4.32. The number of halogens is 1. The van der Waals surface area contributed by atoms with Crippen LogP contribution in [0, 0.1) is 5.82 Å². The average Bonchev–Trinajstić information content (AvgIpc) is 3.45. The number of para-hydroxylation sites is 1. The van der Waals surface area contributed by atoms with Gasteiger partial charge in [0.2, 0.25) is 11.6 Å². The van der Waals surface area contributed by atoms with Crippen LogP contribution in [0.4, 0.5) is 4.39 Å². The van der Waals surface area contributed by atoms with E-state index in [1.165, 1.54) is 39.8 Å². The monoisotopic (exact) mass is 458 g/mol. The van der Waals surface area contributed by atoms with Crippen molar-refractivity contribution in [3.63, 3.8) is 0 Å².